The fourth-order valence-corrected chi connectivity index (χ4v) is 1.27. The molecule has 7 nitrogen and oxygen atoms in total. The lowest BCUT2D eigenvalue weighted by molar-refractivity contribution is 0.0697. The third-order valence-electron chi connectivity index (χ3n) is 2.09. The van der Waals surface area contributed by atoms with Crippen LogP contribution < -0.4 is 5.32 Å². The highest BCUT2D eigenvalue weighted by atomic mass is 16.4. The van der Waals surface area contributed by atoms with Gasteiger partial charge in [0.1, 0.15) is 17.7 Å². The number of carbonyl (C=O) groups excluding carboxylic acids is 1. The van der Waals surface area contributed by atoms with Crippen molar-refractivity contribution in [2.75, 3.05) is 5.32 Å². The van der Waals surface area contributed by atoms with Crippen molar-refractivity contribution in [3.05, 3.63) is 48.2 Å². The zero-order valence-electron chi connectivity index (χ0n) is 9.07. The number of nitrogens with one attached hydrogen (secondary N) is 1. The SMILES string of the molecule is O=C(Nc1ncccc1C(=O)O)c1cncnc1. The van der Waals surface area contributed by atoms with Gasteiger partial charge in [-0.1, -0.05) is 0 Å². The highest BCUT2D eigenvalue weighted by Crippen LogP contribution is 2.12. The van der Waals surface area contributed by atoms with E-state index in [1.54, 1.807) is 0 Å². The first-order valence-corrected chi connectivity index (χ1v) is 4.93. The monoisotopic (exact) mass is 244 g/mol. The van der Waals surface area contributed by atoms with Crippen molar-refractivity contribution in [1.29, 1.82) is 0 Å². The van der Waals surface area contributed by atoms with Crippen LogP contribution in [0.25, 0.3) is 0 Å². The van der Waals surface area contributed by atoms with Crippen LogP contribution in [-0.2, 0) is 0 Å². The average molecular weight is 244 g/mol. The zero-order chi connectivity index (χ0) is 13.0. The molecule has 7 heteroatoms. The second-order valence-electron chi connectivity index (χ2n) is 3.29. The Morgan fingerprint density at radius 1 is 1.22 bits per heavy atom. The maximum atomic E-state index is 11.8. The molecule has 0 aliphatic carbocycles. The van der Waals surface area contributed by atoms with Gasteiger partial charge in [0.2, 0.25) is 0 Å². The molecular weight excluding hydrogens is 236 g/mol. The van der Waals surface area contributed by atoms with Crippen LogP contribution in [-0.4, -0.2) is 31.9 Å². The molecule has 0 spiro atoms. The molecule has 0 saturated heterocycles. The molecule has 0 fully saturated rings. The van der Waals surface area contributed by atoms with Crippen LogP contribution in [0.4, 0.5) is 5.82 Å². The quantitative estimate of drug-likeness (QED) is 0.828. The molecule has 2 heterocycles. The Kier molecular flexibility index (Phi) is 3.24. The lowest BCUT2D eigenvalue weighted by atomic mass is 10.2. The van der Waals surface area contributed by atoms with Gasteiger partial charge in [-0.05, 0) is 12.1 Å². The number of carbonyl (C=O) groups is 2. The van der Waals surface area contributed by atoms with Gasteiger partial charge >= 0.3 is 5.97 Å². The minimum Gasteiger partial charge on any atom is -0.478 e. The number of aromatic nitrogens is 3. The van der Waals surface area contributed by atoms with Gasteiger partial charge in [0.15, 0.2) is 0 Å². The van der Waals surface area contributed by atoms with Crippen molar-refractivity contribution < 1.29 is 14.7 Å². The molecule has 0 saturated carbocycles. The normalized spacial score (nSPS) is 9.78. The van der Waals surface area contributed by atoms with Gasteiger partial charge in [0.25, 0.3) is 5.91 Å². The molecule has 1 amide bonds. The van der Waals surface area contributed by atoms with Crippen LogP contribution in [0.3, 0.4) is 0 Å². The van der Waals surface area contributed by atoms with E-state index < -0.39 is 11.9 Å². The predicted molar refractivity (Wildman–Crippen MR) is 61.2 cm³/mol. The molecule has 0 aliphatic rings. The van der Waals surface area contributed by atoms with E-state index in [0.29, 0.717) is 0 Å². The van der Waals surface area contributed by atoms with Gasteiger partial charge in [-0.25, -0.2) is 19.7 Å². The highest BCUT2D eigenvalue weighted by molar-refractivity contribution is 6.06. The lowest BCUT2D eigenvalue weighted by Crippen LogP contribution is -2.16. The first-order chi connectivity index (χ1) is 8.68. The third-order valence-corrected chi connectivity index (χ3v) is 2.09. The van der Waals surface area contributed by atoms with Crippen molar-refractivity contribution in [2.45, 2.75) is 0 Å². The van der Waals surface area contributed by atoms with Gasteiger partial charge in [-0.2, -0.15) is 0 Å². The summed E-state index contributed by atoms with van der Waals surface area (Å²) < 4.78 is 0. The molecule has 90 valence electrons. The van der Waals surface area contributed by atoms with Gasteiger partial charge in [-0.3, -0.25) is 4.79 Å². The van der Waals surface area contributed by atoms with Crippen molar-refractivity contribution in [1.82, 2.24) is 15.0 Å². The summed E-state index contributed by atoms with van der Waals surface area (Å²) in [5.74, 6) is -1.70. The molecule has 0 aliphatic heterocycles. The van der Waals surface area contributed by atoms with Crippen LogP contribution in [0.1, 0.15) is 20.7 Å². The Labute approximate surface area is 102 Å². The summed E-state index contributed by atoms with van der Waals surface area (Å²) in [5.41, 5.74) is 0.141. The summed E-state index contributed by atoms with van der Waals surface area (Å²) >= 11 is 0. The largest absolute Gasteiger partial charge is 0.478 e. The van der Waals surface area contributed by atoms with Crippen LogP contribution in [0, 0.1) is 0 Å². The van der Waals surface area contributed by atoms with E-state index in [0.717, 1.165) is 0 Å². The maximum absolute atomic E-state index is 11.8. The molecule has 0 aromatic carbocycles. The number of aromatic carboxylic acids is 1. The van der Waals surface area contributed by atoms with E-state index in [4.69, 9.17) is 5.11 Å². The number of rotatable bonds is 3. The van der Waals surface area contributed by atoms with Crippen LogP contribution in [0.5, 0.6) is 0 Å². The third kappa shape index (κ3) is 2.46. The van der Waals surface area contributed by atoms with Crippen molar-refractivity contribution >= 4 is 17.7 Å². The number of anilines is 1. The van der Waals surface area contributed by atoms with E-state index >= 15 is 0 Å². The summed E-state index contributed by atoms with van der Waals surface area (Å²) in [5, 5.41) is 11.3. The van der Waals surface area contributed by atoms with Gasteiger partial charge in [-0.15, -0.1) is 0 Å². The van der Waals surface area contributed by atoms with E-state index in [2.05, 4.69) is 20.3 Å². The molecule has 2 aromatic rings. The topological polar surface area (TPSA) is 105 Å². The van der Waals surface area contributed by atoms with Gasteiger partial charge in [0, 0.05) is 18.6 Å². The zero-order valence-corrected chi connectivity index (χ0v) is 9.07. The van der Waals surface area contributed by atoms with Crippen molar-refractivity contribution in [3.63, 3.8) is 0 Å². The van der Waals surface area contributed by atoms with Crippen LogP contribution >= 0.6 is 0 Å². The molecule has 0 bridgehead atoms. The van der Waals surface area contributed by atoms with Crippen LogP contribution in [0.2, 0.25) is 0 Å². The molecule has 0 unspecified atom stereocenters. The molecule has 18 heavy (non-hydrogen) atoms. The van der Waals surface area contributed by atoms with Crippen molar-refractivity contribution in [3.8, 4) is 0 Å². The second kappa shape index (κ2) is 5.00. The summed E-state index contributed by atoms with van der Waals surface area (Å²) in [6, 6.07) is 2.83. The first-order valence-electron chi connectivity index (χ1n) is 4.93. The number of hydrogen-bond donors (Lipinski definition) is 2. The number of carboxylic acid groups (broad SMARTS) is 1. The fourth-order valence-electron chi connectivity index (χ4n) is 1.27. The van der Waals surface area contributed by atoms with E-state index in [-0.39, 0.29) is 16.9 Å². The average Bonchev–Trinajstić information content (AvgIpc) is 2.40. The van der Waals surface area contributed by atoms with E-state index in [1.165, 1.54) is 37.1 Å². The molecule has 0 atom stereocenters. The van der Waals surface area contributed by atoms with Crippen LogP contribution in [0.15, 0.2) is 37.1 Å². The minimum absolute atomic E-state index is 0.0150. The van der Waals surface area contributed by atoms with Gasteiger partial charge in [0.05, 0.1) is 5.56 Å². The number of pyridine rings is 1. The number of nitrogens with zero attached hydrogens (tertiary/aromatic N) is 3. The smallest absolute Gasteiger partial charge is 0.339 e. The Bertz CT molecular complexity index is 586. The number of amides is 1. The number of hydrogen-bond acceptors (Lipinski definition) is 5. The second-order valence-corrected chi connectivity index (χ2v) is 3.29. The summed E-state index contributed by atoms with van der Waals surface area (Å²) in [6.07, 6.45) is 5.33. The minimum atomic E-state index is -1.16. The fraction of sp³-hybridized carbons (Fsp3) is 0. The summed E-state index contributed by atoms with van der Waals surface area (Å²) in [6.45, 7) is 0. The lowest BCUT2D eigenvalue weighted by Gasteiger charge is -2.06. The Balaban J connectivity index is 2.25. The molecular formula is C11H8N4O3. The highest BCUT2D eigenvalue weighted by Gasteiger charge is 2.14. The Hall–Kier alpha value is -2.83. The van der Waals surface area contributed by atoms with E-state index in [9.17, 15) is 9.59 Å². The number of carboxylic acids is 1. The van der Waals surface area contributed by atoms with E-state index in [1.807, 2.05) is 0 Å². The Morgan fingerprint density at radius 2 is 1.94 bits per heavy atom. The standard InChI is InChI=1S/C11H8N4O3/c16-10(7-4-12-6-13-5-7)15-9-8(11(17)18)2-1-3-14-9/h1-6H,(H,17,18)(H,14,15,16). The summed E-state index contributed by atoms with van der Waals surface area (Å²) in [4.78, 5) is 33.9. The van der Waals surface area contributed by atoms with Crippen molar-refractivity contribution in [2.24, 2.45) is 0 Å². The molecule has 2 N–H and O–H groups in total. The van der Waals surface area contributed by atoms with Gasteiger partial charge < -0.3 is 10.4 Å². The first kappa shape index (κ1) is 11.6. The Morgan fingerprint density at radius 3 is 2.61 bits per heavy atom. The predicted octanol–water partition coefficient (Wildman–Crippen LogP) is 0.822. The molecule has 0 radical (unpaired) electrons. The maximum Gasteiger partial charge on any atom is 0.339 e. The molecule has 2 rings (SSSR count). The summed E-state index contributed by atoms with van der Waals surface area (Å²) in [7, 11) is 0. The molecule has 2 aromatic heterocycles.